The molecule has 0 heterocycles. The van der Waals surface area contributed by atoms with Crippen molar-refractivity contribution in [3.8, 4) is 0 Å². The highest BCUT2D eigenvalue weighted by atomic mass is 16.6. The van der Waals surface area contributed by atoms with E-state index in [0.717, 1.165) is 24.0 Å². The Labute approximate surface area is 182 Å². The number of carbonyl (C=O) groups excluding carboxylic acids is 3. The fourth-order valence-electron chi connectivity index (χ4n) is 2.97. The molecule has 1 aromatic rings. The van der Waals surface area contributed by atoms with E-state index >= 15 is 0 Å². The maximum atomic E-state index is 12.0. The van der Waals surface area contributed by atoms with Crippen LogP contribution in [0.1, 0.15) is 38.7 Å². The number of allylic oxidation sites excluding steroid dienone is 2. The van der Waals surface area contributed by atoms with Gasteiger partial charge >= 0.3 is 18.0 Å². The summed E-state index contributed by atoms with van der Waals surface area (Å²) in [5, 5.41) is 2.81. The summed E-state index contributed by atoms with van der Waals surface area (Å²) in [5.41, 5.74) is 1.84. The largest absolute Gasteiger partial charge is 0.458 e. The minimum absolute atomic E-state index is 0.0246. The Morgan fingerprint density at radius 1 is 1.13 bits per heavy atom. The molecule has 0 fully saturated rings. The van der Waals surface area contributed by atoms with E-state index in [1.807, 2.05) is 36.4 Å². The predicted molar refractivity (Wildman–Crippen MR) is 116 cm³/mol. The summed E-state index contributed by atoms with van der Waals surface area (Å²) >= 11 is 0. The highest BCUT2D eigenvalue weighted by Crippen LogP contribution is 2.19. The molecule has 7 nitrogen and oxygen atoms in total. The Balaban J connectivity index is 1.72. The van der Waals surface area contributed by atoms with Crippen LogP contribution >= 0.6 is 0 Å². The van der Waals surface area contributed by atoms with Crippen LogP contribution < -0.4 is 5.32 Å². The van der Waals surface area contributed by atoms with Gasteiger partial charge in [-0.05, 0) is 50.3 Å². The van der Waals surface area contributed by atoms with Gasteiger partial charge in [0.05, 0.1) is 6.61 Å². The second kappa shape index (κ2) is 13.1. The molecule has 1 aliphatic rings. The zero-order valence-electron chi connectivity index (χ0n) is 17.9. The summed E-state index contributed by atoms with van der Waals surface area (Å²) in [5.74, 6) is -1.02. The fourth-order valence-corrected chi connectivity index (χ4v) is 2.97. The number of alkyl carbamates (subject to hydrolysis) is 1. The van der Waals surface area contributed by atoms with Crippen molar-refractivity contribution in [2.45, 2.75) is 51.9 Å². The van der Waals surface area contributed by atoms with Gasteiger partial charge in [0, 0.05) is 18.2 Å². The van der Waals surface area contributed by atoms with Gasteiger partial charge in [-0.3, -0.25) is 0 Å². The minimum atomic E-state index is -0.583. The minimum Gasteiger partial charge on any atom is -0.458 e. The first kappa shape index (κ1) is 23.9. The quantitative estimate of drug-likeness (QED) is 0.364. The maximum Gasteiger partial charge on any atom is 0.407 e. The van der Waals surface area contributed by atoms with Gasteiger partial charge in [0.15, 0.2) is 0 Å². The van der Waals surface area contributed by atoms with Crippen molar-refractivity contribution in [3.05, 3.63) is 71.8 Å². The van der Waals surface area contributed by atoms with Gasteiger partial charge in [0.2, 0.25) is 0 Å². The zero-order chi connectivity index (χ0) is 22.5. The number of rotatable bonds is 9. The molecule has 1 amide bonds. The highest BCUT2D eigenvalue weighted by molar-refractivity contribution is 5.83. The number of ether oxygens (including phenoxy) is 3. The normalized spacial score (nSPS) is 17.1. The molecule has 166 valence electrons. The summed E-state index contributed by atoms with van der Waals surface area (Å²) in [6.07, 6.45) is 9.00. The van der Waals surface area contributed by atoms with E-state index in [1.54, 1.807) is 19.9 Å². The van der Waals surface area contributed by atoms with Crippen LogP contribution in [0.4, 0.5) is 4.79 Å². The molecule has 0 spiro atoms. The van der Waals surface area contributed by atoms with Crippen LogP contribution in [0.5, 0.6) is 0 Å². The average molecular weight is 427 g/mol. The molecular weight excluding hydrogens is 398 g/mol. The van der Waals surface area contributed by atoms with Crippen molar-refractivity contribution in [1.29, 1.82) is 0 Å². The lowest BCUT2D eigenvalue weighted by Crippen LogP contribution is -2.36. The molecule has 31 heavy (non-hydrogen) atoms. The first-order valence-electron chi connectivity index (χ1n) is 10.4. The third-order valence-corrected chi connectivity index (χ3v) is 4.46. The first-order valence-corrected chi connectivity index (χ1v) is 10.4. The number of benzene rings is 1. The van der Waals surface area contributed by atoms with E-state index in [9.17, 15) is 14.4 Å². The van der Waals surface area contributed by atoms with Crippen LogP contribution in [0.25, 0.3) is 0 Å². The molecule has 0 aliphatic heterocycles. The van der Waals surface area contributed by atoms with Gasteiger partial charge in [0.1, 0.15) is 12.7 Å². The van der Waals surface area contributed by atoms with E-state index in [2.05, 4.69) is 5.32 Å². The molecule has 1 aromatic carbocycles. The highest BCUT2D eigenvalue weighted by Gasteiger charge is 2.17. The second-order valence-electron chi connectivity index (χ2n) is 7.05. The Morgan fingerprint density at radius 2 is 1.90 bits per heavy atom. The second-order valence-corrected chi connectivity index (χ2v) is 7.05. The lowest BCUT2D eigenvalue weighted by Gasteiger charge is -2.22. The van der Waals surface area contributed by atoms with Crippen molar-refractivity contribution < 1.29 is 28.6 Å². The Hall–Kier alpha value is -3.35. The molecule has 0 saturated carbocycles. The lowest BCUT2D eigenvalue weighted by molar-refractivity contribution is -0.141. The summed E-state index contributed by atoms with van der Waals surface area (Å²) in [6.45, 7) is 3.92. The van der Waals surface area contributed by atoms with Gasteiger partial charge in [0.25, 0.3) is 0 Å². The Bertz CT molecular complexity index is 828. The van der Waals surface area contributed by atoms with Crippen LogP contribution in [0.15, 0.2) is 66.3 Å². The van der Waals surface area contributed by atoms with Crippen molar-refractivity contribution in [2.24, 2.45) is 0 Å². The number of amides is 1. The number of hydrogen-bond donors (Lipinski definition) is 1. The first-order chi connectivity index (χ1) is 15.0. The fraction of sp³-hybridized carbons (Fsp3) is 0.375. The third-order valence-electron chi connectivity index (χ3n) is 4.46. The van der Waals surface area contributed by atoms with Gasteiger partial charge in [-0.1, -0.05) is 42.5 Å². The van der Waals surface area contributed by atoms with E-state index < -0.39 is 24.1 Å². The van der Waals surface area contributed by atoms with Gasteiger partial charge in [-0.15, -0.1) is 0 Å². The molecule has 1 aliphatic carbocycles. The third kappa shape index (κ3) is 9.80. The smallest absolute Gasteiger partial charge is 0.407 e. The van der Waals surface area contributed by atoms with E-state index in [-0.39, 0.29) is 12.6 Å². The van der Waals surface area contributed by atoms with E-state index in [1.165, 1.54) is 18.2 Å². The standard InChI is InChI=1S/C24H29NO6/c1-3-29-24(28)25-21-11-7-10-19(16-21)13-15-23(27)31-18(2)12-14-22(26)30-17-20-8-5-4-6-9-20/h4-6,8-10,12-15,18,21H,3,7,11,16-17H2,1-2H3,(H,25,28)/b14-12-,15-13+/t18-,21+/m1/s1. The molecule has 1 N–H and O–H groups in total. The molecule has 0 unspecified atom stereocenters. The van der Waals surface area contributed by atoms with E-state index in [0.29, 0.717) is 13.0 Å². The predicted octanol–water partition coefficient (Wildman–Crippen LogP) is 4.00. The van der Waals surface area contributed by atoms with Crippen LogP contribution in [0, 0.1) is 0 Å². The average Bonchev–Trinajstić information content (AvgIpc) is 2.76. The summed E-state index contributed by atoms with van der Waals surface area (Å²) < 4.78 is 15.3. The molecule has 0 aromatic heterocycles. The van der Waals surface area contributed by atoms with Crippen molar-refractivity contribution in [2.75, 3.05) is 6.61 Å². The van der Waals surface area contributed by atoms with Crippen molar-refractivity contribution in [1.82, 2.24) is 5.32 Å². The SMILES string of the molecule is CCOC(=O)N[C@H]1CCC=C(/C=C/C(=O)O[C@H](C)/C=C\C(=O)OCc2ccccc2)C1. The molecule has 0 saturated heterocycles. The van der Waals surface area contributed by atoms with E-state index in [4.69, 9.17) is 14.2 Å². The Morgan fingerprint density at radius 3 is 2.65 bits per heavy atom. The lowest BCUT2D eigenvalue weighted by atomic mass is 9.94. The van der Waals surface area contributed by atoms with Gasteiger partial charge in [-0.25, -0.2) is 14.4 Å². The number of nitrogens with one attached hydrogen (secondary N) is 1. The zero-order valence-corrected chi connectivity index (χ0v) is 17.9. The van der Waals surface area contributed by atoms with Crippen LogP contribution in [-0.4, -0.2) is 36.8 Å². The number of hydrogen-bond acceptors (Lipinski definition) is 6. The summed E-state index contributed by atoms with van der Waals surface area (Å²) in [6, 6.07) is 9.33. The van der Waals surface area contributed by atoms with Crippen molar-refractivity contribution >= 4 is 18.0 Å². The van der Waals surface area contributed by atoms with Crippen LogP contribution in [0.2, 0.25) is 0 Å². The van der Waals surface area contributed by atoms with Gasteiger partial charge < -0.3 is 19.5 Å². The molecule has 0 radical (unpaired) electrons. The van der Waals surface area contributed by atoms with Crippen LogP contribution in [0.3, 0.4) is 0 Å². The number of esters is 2. The maximum absolute atomic E-state index is 12.0. The topological polar surface area (TPSA) is 90.9 Å². The number of carbonyl (C=O) groups is 3. The summed E-state index contributed by atoms with van der Waals surface area (Å²) in [4.78, 5) is 35.3. The summed E-state index contributed by atoms with van der Waals surface area (Å²) in [7, 11) is 0. The van der Waals surface area contributed by atoms with Gasteiger partial charge in [-0.2, -0.15) is 0 Å². The molecular formula is C24H29NO6. The molecule has 2 rings (SSSR count). The molecule has 7 heteroatoms. The Kier molecular flexibility index (Phi) is 10.1. The molecule has 2 atom stereocenters. The molecule has 0 bridgehead atoms. The monoisotopic (exact) mass is 427 g/mol. The van der Waals surface area contributed by atoms with Crippen molar-refractivity contribution in [3.63, 3.8) is 0 Å². The van der Waals surface area contributed by atoms with Crippen LogP contribution in [-0.2, 0) is 30.4 Å².